The number of benzene rings is 3. The van der Waals surface area contributed by atoms with Crippen molar-refractivity contribution < 1.29 is 18.0 Å². The molecule has 0 heterocycles. The number of nitrogens with zero attached hydrogens (tertiary/aromatic N) is 2. The minimum atomic E-state index is -3.76. The zero-order chi connectivity index (χ0) is 27.5. The van der Waals surface area contributed by atoms with Crippen LogP contribution in [0.5, 0.6) is 0 Å². The molecule has 0 aliphatic rings. The molecule has 0 aliphatic heterocycles. The van der Waals surface area contributed by atoms with E-state index in [0.29, 0.717) is 18.7 Å². The monoisotopic (exact) mass is 535 g/mol. The van der Waals surface area contributed by atoms with Gasteiger partial charge in [-0.2, -0.15) is 0 Å². The van der Waals surface area contributed by atoms with Crippen LogP contribution in [0.2, 0.25) is 0 Å². The number of para-hydroxylation sites is 1. The summed E-state index contributed by atoms with van der Waals surface area (Å²) in [6.07, 6.45) is 3.14. The summed E-state index contributed by atoms with van der Waals surface area (Å²) in [7, 11) is -3.76. The standard InChI is InChI=1S/C30H37N3O4S/c1-4-5-20-31-30(35)28(21-25-12-8-6-9-13-25)32(22-26-18-16-24(2)17-19-26)29(34)23-33(38(3,36)37)27-14-10-7-11-15-27/h6-19,28H,4-5,20-23H2,1-3H3,(H,31,35)/t28-/m0/s1. The lowest BCUT2D eigenvalue weighted by molar-refractivity contribution is -0.140. The molecule has 0 aromatic heterocycles. The van der Waals surface area contributed by atoms with Crippen LogP contribution in [0, 0.1) is 6.92 Å². The van der Waals surface area contributed by atoms with Gasteiger partial charge in [-0.3, -0.25) is 13.9 Å². The van der Waals surface area contributed by atoms with E-state index in [1.165, 1.54) is 4.90 Å². The molecule has 3 aromatic carbocycles. The molecule has 0 unspecified atom stereocenters. The number of unbranched alkanes of at least 4 members (excludes halogenated alkanes) is 1. The first-order valence-electron chi connectivity index (χ1n) is 12.9. The number of carbonyl (C=O) groups excluding carboxylic acids is 2. The van der Waals surface area contributed by atoms with E-state index >= 15 is 0 Å². The van der Waals surface area contributed by atoms with Crippen molar-refractivity contribution >= 4 is 27.5 Å². The molecule has 2 amide bonds. The highest BCUT2D eigenvalue weighted by atomic mass is 32.2. The van der Waals surface area contributed by atoms with Crippen LogP contribution < -0.4 is 9.62 Å². The van der Waals surface area contributed by atoms with Gasteiger partial charge >= 0.3 is 0 Å². The molecule has 1 N–H and O–H groups in total. The van der Waals surface area contributed by atoms with Gasteiger partial charge in [0.15, 0.2) is 0 Å². The molecule has 202 valence electrons. The zero-order valence-corrected chi connectivity index (χ0v) is 23.2. The fraction of sp³-hybridized carbons (Fsp3) is 0.333. The Hall–Kier alpha value is -3.65. The van der Waals surface area contributed by atoms with Gasteiger partial charge in [0.25, 0.3) is 0 Å². The van der Waals surface area contributed by atoms with E-state index in [0.717, 1.165) is 40.1 Å². The fourth-order valence-electron chi connectivity index (χ4n) is 4.16. The number of anilines is 1. The average Bonchev–Trinajstić information content (AvgIpc) is 2.90. The molecule has 0 radical (unpaired) electrons. The van der Waals surface area contributed by atoms with Crippen LogP contribution in [0.15, 0.2) is 84.9 Å². The van der Waals surface area contributed by atoms with Crippen molar-refractivity contribution in [2.75, 3.05) is 23.7 Å². The van der Waals surface area contributed by atoms with Gasteiger partial charge in [0.1, 0.15) is 12.6 Å². The van der Waals surface area contributed by atoms with Crippen molar-refractivity contribution in [1.82, 2.24) is 10.2 Å². The van der Waals surface area contributed by atoms with E-state index in [2.05, 4.69) is 5.32 Å². The van der Waals surface area contributed by atoms with Gasteiger partial charge in [0.2, 0.25) is 21.8 Å². The summed E-state index contributed by atoms with van der Waals surface area (Å²) in [6, 6.07) is 25.0. The molecule has 1 atom stereocenters. The molecule has 3 rings (SSSR count). The van der Waals surface area contributed by atoms with Crippen molar-refractivity contribution in [3.63, 3.8) is 0 Å². The van der Waals surface area contributed by atoms with Crippen LogP contribution in [0.4, 0.5) is 5.69 Å². The predicted octanol–water partition coefficient (Wildman–Crippen LogP) is 4.32. The summed E-state index contributed by atoms with van der Waals surface area (Å²) in [4.78, 5) is 29.0. The second-order valence-electron chi connectivity index (χ2n) is 9.46. The summed E-state index contributed by atoms with van der Waals surface area (Å²) in [6.45, 7) is 4.29. The van der Waals surface area contributed by atoms with Crippen molar-refractivity contribution in [2.45, 2.75) is 45.7 Å². The van der Waals surface area contributed by atoms with Crippen LogP contribution in [0.3, 0.4) is 0 Å². The van der Waals surface area contributed by atoms with Crippen LogP contribution >= 0.6 is 0 Å². The number of hydrogen-bond acceptors (Lipinski definition) is 4. The molecule has 0 spiro atoms. The van der Waals surface area contributed by atoms with Gasteiger partial charge in [-0.05, 0) is 36.6 Å². The summed E-state index contributed by atoms with van der Waals surface area (Å²) in [5, 5.41) is 2.98. The number of nitrogens with one attached hydrogen (secondary N) is 1. The maximum Gasteiger partial charge on any atom is 0.244 e. The fourth-order valence-corrected chi connectivity index (χ4v) is 5.01. The lowest BCUT2D eigenvalue weighted by Gasteiger charge is -2.33. The number of hydrogen-bond donors (Lipinski definition) is 1. The maximum atomic E-state index is 14.0. The summed E-state index contributed by atoms with van der Waals surface area (Å²) in [5.74, 6) is -0.709. The summed E-state index contributed by atoms with van der Waals surface area (Å²) in [5.41, 5.74) is 3.24. The third-order valence-corrected chi connectivity index (χ3v) is 7.44. The number of rotatable bonds is 13. The smallest absolute Gasteiger partial charge is 0.244 e. The van der Waals surface area contributed by atoms with Crippen molar-refractivity contribution in [3.05, 3.63) is 102 Å². The third kappa shape index (κ3) is 8.45. The largest absolute Gasteiger partial charge is 0.354 e. The molecule has 0 aliphatic carbocycles. The van der Waals surface area contributed by atoms with E-state index in [9.17, 15) is 18.0 Å². The first kappa shape index (κ1) is 28.9. The highest BCUT2D eigenvalue weighted by Gasteiger charge is 2.32. The Kier molecular flexibility index (Phi) is 10.5. The van der Waals surface area contributed by atoms with Gasteiger partial charge in [0.05, 0.1) is 11.9 Å². The Morgan fingerprint density at radius 1 is 0.868 bits per heavy atom. The topological polar surface area (TPSA) is 86.8 Å². The Labute approximate surface area is 226 Å². The van der Waals surface area contributed by atoms with Crippen LogP contribution in [0.25, 0.3) is 0 Å². The molecule has 7 nitrogen and oxygen atoms in total. The van der Waals surface area contributed by atoms with E-state index in [1.807, 2.05) is 68.4 Å². The molecule has 0 saturated carbocycles. The van der Waals surface area contributed by atoms with Gasteiger partial charge in [0, 0.05) is 19.5 Å². The quantitative estimate of drug-likeness (QED) is 0.330. The highest BCUT2D eigenvalue weighted by molar-refractivity contribution is 7.92. The third-order valence-electron chi connectivity index (χ3n) is 6.30. The van der Waals surface area contributed by atoms with Crippen LogP contribution in [-0.4, -0.2) is 50.5 Å². The van der Waals surface area contributed by atoms with Gasteiger partial charge in [-0.25, -0.2) is 8.42 Å². The Bertz CT molecular complexity index is 1280. The summed E-state index contributed by atoms with van der Waals surface area (Å²) < 4.78 is 26.6. The number of aryl methyl sites for hydroxylation is 1. The van der Waals surface area contributed by atoms with Gasteiger partial charge < -0.3 is 10.2 Å². The summed E-state index contributed by atoms with van der Waals surface area (Å²) >= 11 is 0. The van der Waals surface area contributed by atoms with E-state index in [4.69, 9.17) is 0 Å². The molecule has 38 heavy (non-hydrogen) atoms. The molecule has 8 heteroatoms. The molecular formula is C30H37N3O4S. The van der Waals surface area contributed by atoms with Crippen molar-refractivity contribution in [1.29, 1.82) is 0 Å². The minimum Gasteiger partial charge on any atom is -0.354 e. The predicted molar refractivity (Wildman–Crippen MR) is 152 cm³/mol. The normalized spacial score (nSPS) is 12.0. The minimum absolute atomic E-state index is 0.171. The molecule has 0 bridgehead atoms. The van der Waals surface area contributed by atoms with Crippen molar-refractivity contribution in [3.8, 4) is 0 Å². The zero-order valence-electron chi connectivity index (χ0n) is 22.3. The number of sulfonamides is 1. The number of carbonyl (C=O) groups is 2. The van der Waals surface area contributed by atoms with E-state index < -0.39 is 28.5 Å². The maximum absolute atomic E-state index is 14.0. The Morgan fingerprint density at radius 2 is 1.47 bits per heavy atom. The van der Waals surface area contributed by atoms with E-state index in [-0.39, 0.29) is 12.5 Å². The van der Waals surface area contributed by atoms with Crippen molar-refractivity contribution in [2.24, 2.45) is 0 Å². The average molecular weight is 536 g/mol. The Morgan fingerprint density at radius 3 is 2.05 bits per heavy atom. The second-order valence-corrected chi connectivity index (χ2v) is 11.4. The number of amides is 2. The van der Waals surface area contributed by atoms with Crippen LogP contribution in [0.1, 0.15) is 36.5 Å². The van der Waals surface area contributed by atoms with Crippen LogP contribution in [-0.2, 0) is 32.6 Å². The molecule has 3 aromatic rings. The van der Waals surface area contributed by atoms with Gasteiger partial charge in [-0.15, -0.1) is 0 Å². The lowest BCUT2D eigenvalue weighted by atomic mass is 10.0. The van der Waals surface area contributed by atoms with E-state index in [1.54, 1.807) is 30.3 Å². The SMILES string of the molecule is CCCCNC(=O)[C@H](Cc1ccccc1)N(Cc1ccc(C)cc1)C(=O)CN(c1ccccc1)S(C)(=O)=O. The molecule has 0 saturated heterocycles. The first-order chi connectivity index (χ1) is 18.2. The highest BCUT2D eigenvalue weighted by Crippen LogP contribution is 2.20. The second kappa shape index (κ2) is 13.8. The first-order valence-corrected chi connectivity index (χ1v) is 14.7. The molecule has 0 fully saturated rings. The Balaban J connectivity index is 2.01. The lowest BCUT2D eigenvalue weighted by Crippen LogP contribution is -2.53. The van der Waals surface area contributed by atoms with Gasteiger partial charge in [-0.1, -0.05) is 91.7 Å². The molecular weight excluding hydrogens is 498 g/mol.